The first-order valence-corrected chi connectivity index (χ1v) is 12.4. The molecule has 156 valence electrons. The maximum absolute atomic E-state index is 12.8. The van der Waals surface area contributed by atoms with Gasteiger partial charge in [-0.25, -0.2) is 17.7 Å². The summed E-state index contributed by atoms with van der Waals surface area (Å²) in [6.45, 7) is 6.72. The van der Waals surface area contributed by atoms with E-state index in [1.165, 1.54) is 15.3 Å². The van der Waals surface area contributed by atoms with Crippen molar-refractivity contribution < 1.29 is 8.42 Å². The third kappa shape index (κ3) is 4.53. The third-order valence-electron chi connectivity index (χ3n) is 5.62. The number of hydrogen-bond donors (Lipinski definition) is 1. The molecular formula is C20H26N4O3S2. The second kappa shape index (κ2) is 8.51. The van der Waals surface area contributed by atoms with Crippen LogP contribution in [0.25, 0.3) is 0 Å². The third-order valence-corrected chi connectivity index (χ3v) is 8.25. The fourth-order valence-electron chi connectivity index (χ4n) is 4.12. The molecule has 4 rings (SSSR count). The summed E-state index contributed by atoms with van der Waals surface area (Å²) in [5.41, 5.74) is 1.51. The summed E-state index contributed by atoms with van der Waals surface area (Å²) < 4.78 is 26.3. The van der Waals surface area contributed by atoms with Crippen LogP contribution in [-0.2, 0) is 29.5 Å². The summed E-state index contributed by atoms with van der Waals surface area (Å²) in [7, 11) is -3.34. The van der Waals surface area contributed by atoms with Crippen LogP contribution in [0.1, 0.15) is 40.7 Å². The van der Waals surface area contributed by atoms with Gasteiger partial charge >= 0.3 is 0 Å². The lowest BCUT2D eigenvalue weighted by molar-refractivity contribution is 0.242. The van der Waals surface area contributed by atoms with Crippen LogP contribution in [0.2, 0.25) is 0 Å². The molecule has 0 bridgehead atoms. The van der Waals surface area contributed by atoms with E-state index in [9.17, 15) is 13.2 Å². The fourth-order valence-corrected chi connectivity index (χ4v) is 6.19. The molecule has 29 heavy (non-hydrogen) atoms. The van der Waals surface area contributed by atoms with E-state index in [0.29, 0.717) is 25.5 Å². The highest BCUT2D eigenvalue weighted by molar-refractivity contribution is 7.89. The van der Waals surface area contributed by atoms with Crippen molar-refractivity contribution in [2.24, 2.45) is 0 Å². The molecule has 2 aromatic heterocycles. The van der Waals surface area contributed by atoms with Gasteiger partial charge in [-0.3, -0.25) is 9.69 Å². The topological polar surface area (TPSA) is 86.4 Å². The van der Waals surface area contributed by atoms with Crippen molar-refractivity contribution in [2.45, 2.75) is 38.3 Å². The first-order chi connectivity index (χ1) is 14.0. The Bertz CT molecular complexity index is 1030. The molecule has 2 aromatic rings. The Morgan fingerprint density at radius 3 is 3.00 bits per heavy atom. The van der Waals surface area contributed by atoms with Crippen LogP contribution in [-0.4, -0.2) is 53.0 Å². The maximum atomic E-state index is 12.8. The van der Waals surface area contributed by atoms with E-state index in [1.807, 2.05) is 6.07 Å². The van der Waals surface area contributed by atoms with Crippen LogP contribution in [0.15, 0.2) is 35.0 Å². The molecule has 1 atom stereocenters. The van der Waals surface area contributed by atoms with Crippen LogP contribution < -0.4 is 5.56 Å². The summed E-state index contributed by atoms with van der Waals surface area (Å²) in [6, 6.07) is 4.16. The quantitative estimate of drug-likeness (QED) is 0.704. The molecule has 2 aliphatic heterocycles. The molecule has 0 saturated carbocycles. The van der Waals surface area contributed by atoms with E-state index in [1.54, 1.807) is 11.3 Å². The number of sulfonamides is 1. The molecule has 1 fully saturated rings. The minimum absolute atomic E-state index is 0.0616. The zero-order valence-electron chi connectivity index (χ0n) is 16.3. The first kappa shape index (κ1) is 20.5. The minimum Gasteiger partial charge on any atom is -0.310 e. The Morgan fingerprint density at radius 1 is 1.38 bits per heavy atom. The average Bonchev–Trinajstić information content (AvgIpc) is 3.21. The molecule has 0 amide bonds. The molecule has 4 heterocycles. The zero-order chi connectivity index (χ0) is 20.4. The van der Waals surface area contributed by atoms with E-state index >= 15 is 0 Å². The van der Waals surface area contributed by atoms with Crippen molar-refractivity contribution in [3.63, 3.8) is 0 Å². The van der Waals surface area contributed by atoms with Crippen LogP contribution in [0.5, 0.6) is 0 Å². The van der Waals surface area contributed by atoms with Crippen LogP contribution in [0.4, 0.5) is 0 Å². The van der Waals surface area contributed by atoms with Gasteiger partial charge in [0.25, 0.3) is 5.56 Å². The average molecular weight is 435 g/mol. The Labute approximate surface area is 175 Å². The van der Waals surface area contributed by atoms with Gasteiger partial charge in [0.2, 0.25) is 10.0 Å². The van der Waals surface area contributed by atoms with Gasteiger partial charge in [0, 0.05) is 49.9 Å². The number of nitrogens with zero attached hydrogens (tertiary/aromatic N) is 3. The van der Waals surface area contributed by atoms with Gasteiger partial charge in [-0.05, 0) is 24.3 Å². The molecule has 1 N–H and O–H groups in total. The second-order valence-electron chi connectivity index (χ2n) is 7.68. The highest BCUT2D eigenvalue weighted by Gasteiger charge is 2.31. The summed E-state index contributed by atoms with van der Waals surface area (Å²) in [4.78, 5) is 24.1. The predicted octanol–water partition coefficient (Wildman–Crippen LogP) is 2.08. The highest BCUT2D eigenvalue weighted by Crippen LogP contribution is 2.27. The van der Waals surface area contributed by atoms with Crippen molar-refractivity contribution in [1.29, 1.82) is 0 Å². The number of piperidine rings is 1. The molecule has 0 spiro atoms. The summed E-state index contributed by atoms with van der Waals surface area (Å²) >= 11 is 1.73. The molecule has 1 saturated heterocycles. The number of H-pyrrole nitrogens is 1. The molecule has 9 heteroatoms. The van der Waals surface area contributed by atoms with Crippen molar-refractivity contribution in [1.82, 2.24) is 19.2 Å². The van der Waals surface area contributed by atoms with Gasteiger partial charge in [-0.2, -0.15) is 0 Å². The number of nitrogens with one attached hydrogen (secondary N) is 1. The lowest BCUT2D eigenvalue weighted by Gasteiger charge is -2.32. The number of thiophene rings is 1. The number of aromatic nitrogens is 2. The number of rotatable bonds is 6. The molecular weight excluding hydrogens is 408 g/mol. The molecule has 0 radical (unpaired) electrons. The SMILES string of the molecule is C=CCS(=O)(=O)N1CCC[C@@H](c2nc3c(c(=O)[nH]2)CN(Cc2cccs2)CC3)C1. The molecule has 0 aromatic carbocycles. The highest BCUT2D eigenvalue weighted by atomic mass is 32.2. The Balaban J connectivity index is 1.51. The smallest absolute Gasteiger partial charge is 0.255 e. The van der Waals surface area contributed by atoms with Gasteiger partial charge in [0.05, 0.1) is 17.0 Å². The minimum atomic E-state index is -3.34. The Hall–Kier alpha value is -1.81. The van der Waals surface area contributed by atoms with Gasteiger partial charge in [0.15, 0.2) is 0 Å². The predicted molar refractivity (Wildman–Crippen MR) is 115 cm³/mol. The molecule has 7 nitrogen and oxygen atoms in total. The number of hydrogen-bond acceptors (Lipinski definition) is 6. The number of aromatic amines is 1. The zero-order valence-corrected chi connectivity index (χ0v) is 18.0. The van der Waals surface area contributed by atoms with E-state index in [4.69, 9.17) is 4.98 Å². The Morgan fingerprint density at radius 2 is 2.24 bits per heavy atom. The first-order valence-electron chi connectivity index (χ1n) is 9.91. The molecule has 0 unspecified atom stereocenters. The standard InChI is InChI=1S/C20H26N4O3S2/c1-2-11-29(26,27)24-8-3-5-15(12-24)19-21-18-7-9-23(13-16-6-4-10-28-16)14-17(18)20(25)22-19/h2,4,6,10,15H,1,3,5,7-9,11-14H2,(H,21,22,25)/t15-/m1/s1. The summed E-state index contributed by atoms with van der Waals surface area (Å²) in [5.74, 6) is 0.484. The largest absolute Gasteiger partial charge is 0.310 e. The van der Waals surface area contributed by atoms with Crippen LogP contribution in [0, 0.1) is 0 Å². The van der Waals surface area contributed by atoms with E-state index in [2.05, 4.69) is 27.9 Å². The van der Waals surface area contributed by atoms with Gasteiger partial charge in [-0.15, -0.1) is 17.9 Å². The maximum Gasteiger partial charge on any atom is 0.255 e. The summed E-state index contributed by atoms with van der Waals surface area (Å²) in [5, 5.41) is 2.07. The summed E-state index contributed by atoms with van der Waals surface area (Å²) in [6.07, 6.45) is 3.74. The van der Waals surface area contributed by atoms with Crippen molar-refractivity contribution in [3.8, 4) is 0 Å². The van der Waals surface area contributed by atoms with E-state index in [-0.39, 0.29) is 17.2 Å². The monoisotopic (exact) mass is 434 g/mol. The van der Waals surface area contributed by atoms with E-state index in [0.717, 1.165) is 43.6 Å². The van der Waals surface area contributed by atoms with Crippen LogP contribution in [0.3, 0.4) is 0 Å². The van der Waals surface area contributed by atoms with Gasteiger partial charge in [0.1, 0.15) is 5.82 Å². The van der Waals surface area contributed by atoms with Crippen molar-refractivity contribution in [3.05, 3.63) is 62.5 Å². The van der Waals surface area contributed by atoms with Crippen molar-refractivity contribution in [2.75, 3.05) is 25.4 Å². The lowest BCUT2D eigenvalue weighted by Crippen LogP contribution is -2.41. The van der Waals surface area contributed by atoms with Gasteiger partial charge < -0.3 is 4.98 Å². The fraction of sp³-hybridized carbons (Fsp3) is 0.500. The Kier molecular flexibility index (Phi) is 6.00. The molecule has 2 aliphatic rings. The van der Waals surface area contributed by atoms with E-state index < -0.39 is 10.0 Å². The second-order valence-corrected chi connectivity index (χ2v) is 10.7. The van der Waals surface area contributed by atoms with Crippen LogP contribution >= 0.6 is 11.3 Å². The molecule has 0 aliphatic carbocycles. The number of fused-ring (bicyclic) bond motifs is 1. The van der Waals surface area contributed by atoms with Crippen molar-refractivity contribution >= 4 is 21.4 Å². The van der Waals surface area contributed by atoms with Gasteiger partial charge in [-0.1, -0.05) is 12.1 Å². The normalized spacial score (nSPS) is 21.0. The lowest BCUT2D eigenvalue weighted by atomic mass is 9.98.